The van der Waals surface area contributed by atoms with Crippen LogP contribution < -0.4 is 5.32 Å². The summed E-state index contributed by atoms with van der Waals surface area (Å²) in [5.41, 5.74) is 2.07. The first-order valence-electron chi connectivity index (χ1n) is 7.57. The van der Waals surface area contributed by atoms with Gasteiger partial charge in [-0.15, -0.1) is 22.7 Å². The Morgan fingerprint density at radius 2 is 2.12 bits per heavy atom. The Hall–Kier alpha value is -1.54. The third-order valence-corrected chi connectivity index (χ3v) is 6.30. The van der Waals surface area contributed by atoms with E-state index in [1.54, 1.807) is 34.0 Å². The van der Waals surface area contributed by atoms with Crippen molar-refractivity contribution >= 4 is 39.9 Å². The fourth-order valence-electron chi connectivity index (χ4n) is 2.40. The van der Waals surface area contributed by atoms with Gasteiger partial charge >= 0.3 is 0 Å². The van der Waals surface area contributed by atoms with Crippen molar-refractivity contribution in [3.8, 4) is 9.88 Å². The van der Waals surface area contributed by atoms with Crippen LogP contribution in [0.4, 0.5) is 0 Å². The van der Waals surface area contributed by atoms with Gasteiger partial charge in [-0.2, -0.15) is 11.3 Å². The highest BCUT2D eigenvalue weighted by molar-refractivity contribution is 7.20. The number of aromatic nitrogens is 1. The first kappa shape index (κ1) is 17.3. The van der Waals surface area contributed by atoms with E-state index in [2.05, 4.69) is 38.1 Å². The Balaban J connectivity index is 1.56. The third-order valence-electron chi connectivity index (χ3n) is 3.67. The van der Waals surface area contributed by atoms with Crippen LogP contribution in [-0.4, -0.2) is 36.4 Å². The predicted octanol–water partition coefficient (Wildman–Crippen LogP) is 3.89. The summed E-state index contributed by atoms with van der Waals surface area (Å²) in [5, 5.41) is 12.2. The molecule has 3 rings (SSSR count). The van der Waals surface area contributed by atoms with Crippen LogP contribution in [-0.2, 0) is 11.2 Å². The first-order chi connectivity index (χ1) is 11.6. The van der Waals surface area contributed by atoms with Crippen LogP contribution in [0.3, 0.4) is 0 Å². The summed E-state index contributed by atoms with van der Waals surface area (Å²) in [6, 6.07) is 6.36. The molecule has 3 aromatic heterocycles. The molecule has 1 atom stereocenters. The molecule has 0 aromatic carbocycles. The zero-order chi connectivity index (χ0) is 16.9. The van der Waals surface area contributed by atoms with E-state index in [1.807, 2.05) is 30.9 Å². The molecule has 0 fully saturated rings. The largest absolute Gasteiger partial charge is 0.354 e. The lowest BCUT2D eigenvalue weighted by atomic mass is 10.1. The van der Waals surface area contributed by atoms with E-state index in [0.29, 0.717) is 13.0 Å². The van der Waals surface area contributed by atoms with Crippen LogP contribution in [0.25, 0.3) is 9.88 Å². The summed E-state index contributed by atoms with van der Waals surface area (Å²) in [4.78, 5) is 20.1. The Bertz CT molecular complexity index is 763. The van der Waals surface area contributed by atoms with Crippen molar-refractivity contribution < 1.29 is 4.79 Å². The van der Waals surface area contributed by atoms with Crippen molar-refractivity contribution in [1.29, 1.82) is 0 Å². The maximum Gasteiger partial charge on any atom is 0.226 e. The highest BCUT2D eigenvalue weighted by Gasteiger charge is 2.16. The zero-order valence-corrected chi connectivity index (χ0v) is 16.0. The quantitative estimate of drug-likeness (QED) is 0.679. The van der Waals surface area contributed by atoms with Gasteiger partial charge in [-0.25, -0.2) is 4.98 Å². The van der Waals surface area contributed by atoms with Crippen molar-refractivity contribution in [2.45, 2.75) is 12.5 Å². The van der Waals surface area contributed by atoms with E-state index in [-0.39, 0.29) is 11.9 Å². The molecule has 7 heteroatoms. The SMILES string of the molecule is CN(C)C(CNC(=O)Cc1csc(-c2cccs2)n1)c1ccsc1. The molecule has 3 aromatic rings. The molecular weight excluding hydrogens is 358 g/mol. The second kappa shape index (κ2) is 8.02. The Labute approximate surface area is 153 Å². The van der Waals surface area contributed by atoms with E-state index in [9.17, 15) is 4.79 Å². The normalized spacial score (nSPS) is 12.5. The monoisotopic (exact) mass is 377 g/mol. The van der Waals surface area contributed by atoms with Gasteiger partial charge in [0.25, 0.3) is 0 Å². The van der Waals surface area contributed by atoms with E-state index in [1.165, 1.54) is 5.56 Å². The lowest BCUT2D eigenvalue weighted by Crippen LogP contribution is -2.35. The smallest absolute Gasteiger partial charge is 0.226 e. The fourth-order valence-corrected chi connectivity index (χ4v) is 4.74. The van der Waals surface area contributed by atoms with Crippen molar-refractivity contribution in [3.05, 3.63) is 51.0 Å². The van der Waals surface area contributed by atoms with Crippen molar-refractivity contribution in [3.63, 3.8) is 0 Å². The topological polar surface area (TPSA) is 45.2 Å². The van der Waals surface area contributed by atoms with Crippen LogP contribution in [0.1, 0.15) is 17.3 Å². The van der Waals surface area contributed by atoms with E-state index in [4.69, 9.17) is 0 Å². The summed E-state index contributed by atoms with van der Waals surface area (Å²) in [6.07, 6.45) is 0.325. The summed E-state index contributed by atoms with van der Waals surface area (Å²) in [5.74, 6) is 0.0140. The number of likely N-dealkylation sites (N-methyl/N-ethyl adjacent to an activating group) is 1. The molecule has 0 spiro atoms. The zero-order valence-electron chi connectivity index (χ0n) is 13.6. The maximum atomic E-state index is 12.2. The molecule has 0 radical (unpaired) electrons. The van der Waals surface area contributed by atoms with Gasteiger partial charge in [-0.05, 0) is 47.9 Å². The molecule has 0 aliphatic rings. The molecule has 1 amide bonds. The molecule has 0 aliphatic heterocycles. The average molecular weight is 378 g/mol. The molecule has 3 heterocycles. The maximum absolute atomic E-state index is 12.2. The second-order valence-corrected chi connectivity index (χ2v) is 8.22. The Kier molecular flexibility index (Phi) is 5.78. The van der Waals surface area contributed by atoms with Gasteiger partial charge < -0.3 is 10.2 Å². The van der Waals surface area contributed by atoms with Crippen LogP contribution in [0.2, 0.25) is 0 Å². The highest BCUT2D eigenvalue weighted by Crippen LogP contribution is 2.28. The number of hydrogen-bond acceptors (Lipinski definition) is 6. The van der Waals surface area contributed by atoms with Crippen LogP contribution in [0, 0.1) is 0 Å². The van der Waals surface area contributed by atoms with Gasteiger partial charge in [-0.1, -0.05) is 6.07 Å². The molecular formula is C17H19N3OS3. The summed E-state index contributed by atoms with van der Waals surface area (Å²) in [7, 11) is 4.06. The van der Waals surface area contributed by atoms with Gasteiger partial charge in [0.2, 0.25) is 5.91 Å². The minimum atomic E-state index is 0.0140. The minimum Gasteiger partial charge on any atom is -0.354 e. The van der Waals surface area contributed by atoms with Crippen molar-refractivity contribution in [1.82, 2.24) is 15.2 Å². The number of nitrogens with one attached hydrogen (secondary N) is 1. The van der Waals surface area contributed by atoms with Crippen LogP contribution >= 0.6 is 34.0 Å². The number of thiophene rings is 2. The van der Waals surface area contributed by atoms with Gasteiger partial charge in [0.05, 0.1) is 23.0 Å². The van der Waals surface area contributed by atoms with Crippen molar-refractivity contribution in [2.24, 2.45) is 0 Å². The number of amides is 1. The lowest BCUT2D eigenvalue weighted by Gasteiger charge is -2.23. The number of nitrogens with zero attached hydrogens (tertiary/aromatic N) is 2. The molecule has 24 heavy (non-hydrogen) atoms. The van der Waals surface area contributed by atoms with Gasteiger partial charge in [0.1, 0.15) is 5.01 Å². The standard InChI is InChI=1S/C17H19N3OS3/c1-20(2)14(12-5-7-22-10-12)9-18-16(21)8-13-11-24-17(19-13)15-4-3-6-23-15/h3-7,10-11,14H,8-9H2,1-2H3,(H,18,21). The van der Waals surface area contributed by atoms with Gasteiger partial charge in [0.15, 0.2) is 0 Å². The molecule has 1 N–H and O–H groups in total. The highest BCUT2D eigenvalue weighted by atomic mass is 32.1. The number of hydrogen-bond donors (Lipinski definition) is 1. The van der Waals surface area contributed by atoms with E-state index in [0.717, 1.165) is 15.6 Å². The molecule has 0 saturated heterocycles. The van der Waals surface area contributed by atoms with E-state index >= 15 is 0 Å². The Morgan fingerprint density at radius 1 is 1.25 bits per heavy atom. The van der Waals surface area contributed by atoms with Crippen molar-refractivity contribution in [2.75, 3.05) is 20.6 Å². The fraction of sp³-hybridized carbons (Fsp3) is 0.294. The third kappa shape index (κ3) is 4.30. The van der Waals surface area contributed by atoms with Gasteiger partial charge in [0, 0.05) is 11.9 Å². The number of thiazole rings is 1. The molecule has 4 nitrogen and oxygen atoms in total. The van der Waals surface area contributed by atoms with E-state index < -0.39 is 0 Å². The second-order valence-electron chi connectivity index (χ2n) is 5.64. The molecule has 0 aliphatic carbocycles. The first-order valence-corrected chi connectivity index (χ1v) is 10.3. The summed E-state index contributed by atoms with van der Waals surface area (Å²) < 4.78 is 0. The predicted molar refractivity (Wildman–Crippen MR) is 103 cm³/mol. The Morgan fingerprint density at radius 3 is 2.79 bits per heavy atom. The van der Waals surface area contributed by atoms with Gasteiger partial charge in [-0.3, -0.25) is 4.79 Å². The van der Waals surface area contributed by atoms with Crippen LogP contribution in [0.5, 0.6) is 0 Å². The molecule has 0 bridgehead atoms. The number of carbonyl (C=O) groups excluding carboxylic acids is 1. The molecule has 126 valence electrons. The average Bonchev–Trinajstić information content (AvgIpc) is 3.29. The number of rotatable bonds is 7. The minimum absolute atomic E-state index is 0.0140. The van der Waals surface area contributed by atoms with Crippen LogP contribution in [0.15, 0.2) is 39.7 Å². The summed E-state index contributed by atoms with van der Waals surface area (Å²) >= 11 is 4.93. The summed E-state index contributed by atoms with van der Waals surface area (Å²) in [6.45, 7) is 0.602. The molecule has 1 unspecified atom stereocenters. The lowest BCUT2D eigenvalue weighted by molar-refractivity contribution is -0.120. The molecule has 0 saturated carbocycles. The number of carbonyl (C=O) groups is 1.